The van der Waals surface area contributed by atoms with Crippen LogP contribution >= 0.6 is 11.8 Å². The Labute approximate surface area is 160 Å². The summed E-state index contributed by atoms with van der Waals surface area (Å²) in [5.41, 5.74) is 3.94. The van der Waals surface area contributed by atoms with Crippen LogP contribution in [0.15, 0.2) is 84.3 Å². The minimum Gasteiger partial charge on any atom is -0.265 e. The summed E-state index contributed by atoms with van der Waals surface area (Å²) in [6.07, 6.45) is 3.50. The fourth-order valence-corrected chi connectivity index (χ4v) is 3.87. The van der Waals surface area contributed by atoms with Gasteiger partial charge in [0.05, 0.1) is 5.52 Å². The van der Waals surface area contributed by atoms with E-state index in [-0.39, 0.29) is 0 Å². The van der Waals surface area contributed by atoms with E-state index in [1.165, 1.54) is 5.56 Å². The summed E-state index contributed by atoms with van der Waals surface area (Å²) in [6, 6.07) is 22.3. The van der Waals surface area contributed by atoms with E-state index in [0.29, 0.717) is 5.82 Å². The molecule has 5 rings (SSSR count). The van der Waals surface area contributed by atoms with Crippen molar-refractivity contribution in [3.05, 3.63) is 84.7 Å². The first kappa shape index (κ1) is 16.0. The highest BCUT2D eigenvalue weighted by Gasteiger charge is 2.14. The molecule has 0 saturated carbocycles. The Kier molecular flexibility index (Phi) is 4.03. The van der Waals surface area contributed by atoms with Crippen molar-refractivity contribution in [2.75, 3.05) is 0 Å². The Morgan fingerprint density at radius 3 is 2.44 bits per heavy atom. The van der Waals surface area contributed by atoms with Crippen LogP contribution in [0.5, 0.6) is 0 Å². The van der Waals surface area contributed by atoms with Crippen molar-refractivity contribution in [1.29, 1.82) is 0 Å². The second-order valence-corrected chi connectivity index (χ2v) is 7.04. The lowest BCUT2D eigenvalue weighted by Gasteiger charge is -2.06. The zero-order valence-corrected chi connectivity index (χ0v) is 15.2. The number of nitrogens with zero attached hydrogens (tertiary/aromatic N) is 5. The van der Waals surface area contributed by atoms with Crippen molar-refractivity contribution in [1.82, 2.24) is 24.6 Å². The molecule has 0 fully saturated rings. The minimum absolute atomic E-state index is 0.678. The van der Waals surface area contributed by atoms with Gasteiger partial charge < -0.3 is 0 Å². The summed E-state index contributed by atoms with van der Waals surface area (Å²) in [6.45, 7) is 0. The molecule has 0 spiro atoms. The highest BCUT2D eigenvalue weighted by Crippen LogP contribution is 2.27. The molecular formula is C21H15N5S. The first-order valence-electron chi connectivity index (χ1n) is 8.61. The van der Waals surface area contributed by atoms with Gasteiger partial charge in [-0.25, -0.2) is 9.97 Å². The Hall–Kier alpha value is -3.25. The van der Waals surface area contributed by atoms with Crippen molar-refractivity contribution in [2.24, 2.45) is 0 Å². The molecule has 0 N–H and O–H groups in total. The molecule has 0 amide bonds. The molecule has 5 aromatic rings. The number of para-hydroxylation sites is 1. The third-order valence-corrected chi connectivity index (χ3v) is 5.30. The van der Waals surface area contributed by atoms with Gasteiger partial charge in [-0.1, -0.05) is 54.2 Å². The second kappa shape index (κ2) is 6.81. The molecular weight excluding hydrogens is 354 g/mol. The fraction of sp³-hybridized carbons (Fsp3) is 0.0476. The number of aromatic nitrogens is 5. The first-order valence-corrected chi connectivity index (χ1v) is 9.60. The molecule has 0 unspecified atom stereocenters. The molecule has 0 saturated heterocycles. The number of pyridine rings is 1. The lowest BCUT2D eigenvalue weighted by atomic mass is 10.2. The molecule has 0 atom stereocenters. The smallest absolute Gasteiger partial charge is 0.191 e. The molecule has 0 aliphatic heterocycles. The molecule has 2 aromatic carbocycles. The Morgan fingerprint density at radius 2 is 1.59 bits per heavy atom. The van der Waals surface area contributed by atoms with Crippen LogP contribution in [0.1, 0.15) is 5.56 Å². The van der Waals surface area contributed by atoms with Crippen molar-refractivity contribution in [2.45, 2.75) is 10.9 Å². The van der Waals surface area contributed by atoms with Gasteiger partial charge in [-0.2, -0.15) is 4.52 Å². The Morgan fingerprint density at radius 1 is 0.815 bits per heavy atom. The number of thioether (sulfide) groups is 1. The second-order valence-electron chi connectivity index (χ2n) is 6.09. The summed E-state index contributed by atoms with van der Waals surface area (Å²) >= 11 is 1.66. The van der Waals surface area contributed by atoms with Gasteiger partial charge in [-0.15, -0.1) is 5.10 Å². The molecule has 3 heterocycles. The maximum atomic E-state index is 4.84. The van der Waals surface area contributed by atoms with Crippen LogP contribution < -0.4 is 0 Å². The van der Waals surface area contributed by atoms with Gasteiger partial charge in [-0.3, -0.25) is 4.98 Å². The van der Waals surface area contributed by atoms with Gasteiger partial charge in [0.25, 0.3) is 0 Å². The van der Waals surface area contributed by atoms with Crippen LogP contribution in [-0.4, -0.2) is 24.6 Å². The van der Waals surface area contributed by atoms with E-state index in [9.17, 15) is 0 Å². The van der Waals surface area contributed by atoms with Crippen LogP contribution in [0, 0.1) is 0 Å². The van der Waals surface area contributed by atoms with Crippen molar-refractivity contribution < 1.29 is 0 Å². The van der Waals surface area contributed by atoms with Crippen molar-refractivity contribution >= 4 is 28.3 Å². The zero-order chi connectivity index (χ0) is 18.1. The third kappa shape index (κ3) is 3.04. The van der Waals surface area contributed by atoms with Crippen LogP contribution in [0.4, 0.5) is 0 Å². The molecule has 3 aromatic heterocycles. The van der Waals surface area contributed by atoms with Crippen LogP contribution in [0.3, 0.4) is 0 Å². The molecule has 0 aliphatic rings. The summed E-state index contributed by atoms with van der Waals surface area (Å²) in [7, 11) is 0. The normalized spacial score (nSPS) is 11.3. The Balaban J connectivity index is 1.65. The Bertz CT molecular complexity index is 1220. The molecule has 5 nitrogen and oxygen atoms in total. The van der Waals surface area contributed by atoms with E-state index in [2.05, 4.69) is 29.2 Å². The number of fused-ring (bicyclic) bond motifs is 3. The molecule has 0 radical (unpaired) electrons. The molecule has 0 aliphatic carbocycles. The summed E-state index contributed by atoms with van der Waals surface area (Å²) in [5, 5.41) is 6.57. The first-order chi connectivity index (χ1) is 13.4. The largest absolute Gasteiger partial charge is 0.265 e. The van der Waals surface area contributed by atoms with E-state index in [1.54, 1.807) is 24.2 Å². The number of hydrogen-bond donors (Lipinski definition) is 0. The predicted molar refractivity (Wildman–Crippen MR) is 108 cm³/mol. The quantitative estimate of drug-likeness (QED) is 0.341. The van der Waals surface area contributed by atoms with Gasteiger partial charge in [0.15, 0.2) is 16.6 Å². The summed E-state index contributed by atoms with van der Waals surface area (Å²) in [4.78, 5) is 13.7. The van der Waals surface area contributed by atoms with Gasteiger partial charge in [0, 0.05) is 29.1 Å². The molecule has 130 valence electrons. The van der Waals surface area contributed by atoms with Crippen molar-refractivity contribution in [3.8, 4) is 11.4 Å². The zero-order valence-electron chi connectivity index (χ0n) is 14.4. The minimum atomic E-state index is 0.678. The van der Waals surface area contributed by atoms with Gasteiger partial charge in [-0.05, 0) is 29.8 Å². The fourth-order valence-electron chi connectivity index (χ4n) is 2.97. The van der Waals surface area contributed by atoms with Crippen molar-refractivity contribution in [3.63, 3.8) is 0 Å². The lowest BCUT2D eigenvalue weighted by Crippen LogP contribution is -1.98. The summed E-state index contributed by atoms with van der Waals surface area (Å²) < 4.78 is 1.85. The SMILES string of the molecule is c1ccc(CSc2nc3ccccc3c3nc(-c4ccncc4)nn23)cc1. The monoisotopic (exact) mass is 369 g/mol. The molecule has 0 bridgehead atoms. The predicted octanol–water partition coefficient (Wildman–Crippen LogP) is 4.63. The number of rotatable bonds is 4. The lowest BCUT2D eigenvalue weighted by molar-refractivity contribution is 0.811. The van der Waals surface area contributed by atoms with E-state index in [1.807, 2.05) is 47.0 Å². The molecule has 6 heteroatoms. The maximum Gasteiger partial charge on any atom is 0.191 e. The average molecular weight is 369 g/mol. The number of hydrogen-bond acceptors (Lipinski definition) is 5. The third-order valence-electron chi connectivity index (χ3n) is 4.30. The highest BCUT2D eigenvalue weighted by atomic mass is 32.2. The van der Waals surface area contributed by atoms with Crippen LogP contribution in [0.25, 0.3) is 27.9 Å². The summed E-state index contributed by atoms with van der Waals surface area (Å²) in [5.74, 6) is 1.50. The van der Waals surface area contributed by atoms with E-state index in [4.69, 9.17) is 15.1 Å². The maximum absolute atomic E-state index is 4.84. The van der Waals surface area contributed by atoms with E-state index in [0.717, 1.165) is 33.0 Å². The van der Waals surface area contributed by atoms with Crippen LogP contribution in [-0.2, 0) is 5.75 Å². The van der Waals surface area contributed by atoms with Gasteiger partial charge in [0.1, 0.15) is 0 Å². The number of benzene rings is 2. The highest BCUT2D eigenvalue weighted by molar-refractivity contribution is 7.98. The average Bonchev–Trinajstić information content (AvgIpc) is 3.19. The topological polar surface area (TPSA) is 56.0 Å². The van der Waals surface area contributed by atoms with Crippen LogP contribution in [0.2, 0.25) is 0 Å². The van der Waals surface area contributed by atoms with Gasteiger partial charge in [0.2, 0.25) is 0 Å². The standard InChI is InChI=1S/C21H15N5S/c1-2-6-15(7-3-1)14-27-21-23-18-9-5-4-8-17(18)20-24-19(25-26(20)21)16-10-12-22-13-11-16/h1-13H,14H2. The van der Waals surface area contributed by atoms with Gasteiger partial charge >= 0.3 is 0 Å². The molecule has 27 heavy (non-hydrogen) atoms. The van der Waals surface area contributed by atoms with E-state index < -0.39 is 0 Å². The van der Waals surface area contributed by atoms with E-state index >= 15 is 0 Å².